The minimum Gasteiger partial charge on any atom is -0.369 e. The van der Waals surface area contributed by atoms with Crippen molar-refractivity contribution in [3.8, 4) is 6.07 Å². The highest BCUT2D eigenvalue weighted by atomic mass is 32.1. The number of nitrogens with zero attached hydrogens (tertiary/aromatic N) is 3. The Morgan fingerprint density at radius 1 is 1.20 bits per heavy atom. The standard InChI is InChI=1S/C24H22N4OS/c1-24(19-12-17-4-3-5-18(13-25)21(17)30-19)20(22(29)28(2)23(26)27-24)16-10-8-15(9-11-16)14-6-7-14/h3-5,8-12,14,20H,6-7H2,1-2H3,(H2,26,27)/t20-,24-/m1/s1. The van der Waals surface area contributed by atoms with E-state index in [9.17, 15) is 10.1 Å². The van der Waals surface area contributed by atoms with Crippen LogP contribution in [0.2, 0.25) is 0 Å². The summed E-state index contributed by atoms with van der Waals surface area (Å²) in [5, 5.41) is 10.5. The van der Waals surface area contributed by atoms with Gasteiger partial charge in [-0.2, -0.15) is 5.26 Å². The van der Waals surface area contributed by atoms with E-state index in [2.05, 4.69) is 30.3 Å². The van der Waals surface area contributed by atoms with E-state index >= 15 is 0 Å². The number of amides is 1. The molecule has 0 bridgehead atoms. The van der Waals surface area contributed by atoms with Crippen LogP contribution in [0.25, 0.3) is 10.1 Å². The highest BCUT2D eigenvalue weighted by Crippen LogP contribution is 2.48. The van der Waals surface area contributed by atoms with Crippen molar-refractivity contribution in [3.05, 3.63) is 70.1 Å². The van der Waals surface area contributed by atoms with Crippen molar-refractivity contribution in [2.24, 2.45) is 10.7 Å². The fourth-order valence-electron chi connectivity index (χ4n) is 4.37. The average Bonchev–Trinajstić information content (AvgIpc) is 3.49. The van der Waals surface area contributed by atoms with E-state index in [0.29, 0.717) is 11.5 Å². The summed E-state index contributed by atoms with van der Waals surface area (Å²) >= 11 is 1.52. The Morgan fingerprint density at radius 2 is 1.90 bits per heavy atom. The third-order valence-electron chi connectivity index (χ3n) is 6.31. The molecule has 1 aliphatic carbocycles. The van der Waals surface area contributed by atoms with Crippen molar-refractivity contribution in [2.75, 3.05) is 7.05 Å². The van der Waals surface area contributed by atoms with Crippen LogP contribution in [-0.2, 0) is 10.3 Å². The van der Waals surface area contributed by atoms with Gasteiger partial charge in [-0.05, 0) is 54.3 Å². The Hall–Kier alpha value is -3.17. The molecule has 2 N–H and O–H groups in total. The first-order valence-electron chi connectivity index (χ1n) is 10.1. The molecule has 30 heavy (non-hydrogen) atoms. The number of nitriles is 1. The van der Waals surface area contributed by atoms with Gasteiger partial charge in [0.1, 0.15) is 11.6 Å². The Balaban J connectivity index is 1.67. The molecule has 2 aliphatic rings. The number of likely N-dealkylation sites (N-methyl/N-ethyl adjacent to an activating group) is 1. The first-order valence-corrected chi connectivity index (χ1v) is 10.9. The number of carbonyl (C=O) groups is 1. The van der Waals surface area contributed by atoms with E-state index in [1.165, 1.54) is 34.6 Å². The first-order chi connectivity index (χ1) is 14.4. The number of hydrogen-bond donors (Lipinski definition) is 1. The Morgan fingerprint density at radius 3 is 2.57 bits per heavy atom. The van der Waals surface area contributed by atoms with Gasteiger partial charge in [0.2, 0.25) is 5.91 Å². The molecule has 6 heteroatoms. The van der Waals surface area contributed by atoms with Crippen molar-refractivity contribution in [1.29, 1.82) is 5.26 Å². The first kappa shape index (κ1) is 18.8. The quantitative estimate of drug-likeness (QED) is 0.688. The molecule has 5 rings (SSSR count). The second-order valence-electron chi connectivity index (χ2n) is 8.34. The zero-order chi connectivity index (χ0) is 21.0. The monoisotopic (exact) mass is 414 g/mol. The number of benzene rings is 2. The molecule has 1 amide bonds. The topological polar surface area (TPSA) is 82.5 Å². The van der Waals surface area contributed by atoms with Gasteiger partial charge in [0.25, 0.3) is 0 Å². The maximum absolute atomic E-state index is 13.4. The summed E-state index contributed by atoms with van der Waals surface area (Å²) in [6.45, 7) is 1.97. The lowest BCUT2D eigenvalue weighted by Gasteiger charge is -2.40. The van der Waals surface area contributed by atoms with E-state index in [1.54, 1.807) is 7.05 Å². The second-order valence-corrected chi connectivity index (χ2v) is 9.39. The third-order valence-corrected chi connectivity index (χ3v) is 7.72. The normalized spacial score (nSPS) is 24.0. The lowest BCUT2D eigenvalue weighted by molar-refractivity contribution is -0.130. The van der Waals surface area contributed by atoms with Crippen LogP contribution in [0.3, 0.4) is 0 Å². The zero-order valence-electron chi connectivity index (χ0n) is 16.9. The highest BCUT2D eigenvalue weighted by molar-refractivity contribution is 7.19. The van der Waals surface area contributed by atoms with Crippen LogP contribution < -0.4 is 5.73 Å². The van der Waals surface area contributed by atoms with Gasteiger partial charge in [-0.1, -0.05) is 36.4 Å². The molecule has 1 aromatic heterocycles. The summed E-state index contributed by atoms with van der Waals surface area (Å²) in [5.41, 5.74) is 8.21. The van der Waals surface area contributed by atoms with Gasteiger partial charge in [0.05, 0.1) is 16.2 Å². The molecular formula is C24H22N4OS. The molecule has 1 fully saturated rings. The van der Waals surface area contributed by atoms with Crippen LogP contribution in [0.4, 0.5) is 0 Å². The number of fused-ring (bicyclic) bond motifs is 1. The summed E-state index contributed by atoms with van der Waals surface area (Å²) in [5.74, 6) is 0.325. The molecule has 1 saturated carbocycles. The van der Waals surface area contributed by atoms with Gasteiger partial charge in [0.15, 0.2) is 5.96 Å². The van der Waals surface area contributed by atoms with Crippen LogP contribution in [0.5, 0.6) is 0 Å². The molecule has 3 aromatic rings. The van der Waals surface area contributed by atoms with Gasteiger partial charge in [0, 0.05) is 11.9 Å². The molecule has 1 aliphatic heterocycles. The summed E-state index contributed by atoms with van der Waals surface area (Å²) in [6, 6.07) is 18.4. The van der Waals surface area contributed by atoms with Crippen molar-refractivity contribution in [2.45, 2.75) is 37.1 Å². The number of thiophene rings is 1. The predicted octanol–water partition coefficient (Wildman–Crippen LogP) is 4.44. The van der Waals surface area contributed by atoms with Gasteiger partial charge >= 0.3 is 0 Å². The number of rotatable bonds is 3. The molecule has 0 saturated heterocycles. The van der Waals surface area contributed by atoms with E-state index in [4.69, 9.17) is 10.7 Å². The van der Waals surface area contributed by atoms with Gasteiger partial charge < -0.3 is 5.73 Å². The van der Waals surface area contributed by atoms with Crippen LogP contribution >= 0.6 is 11.3 Å². The number of aliphatic imine (C=N–C) groups is 1. The molecule has 5 nitrogen and oxygen atoms in total. The molecule has 2 atom stereocenters. The lowest BCUT2D eigenvalue weighted by Crippen LogP contribution is -2.52. The maximum atomic E-state index is 13.4. The smallest absolute Gasteiger partial charge is 0.239 e. The van der Waals surface area contributed by atoms with Crippen LogP contribution in [0.15, 0.2) is 53.5 Å². The van der Waals surface area contributed by atoms with E-state index in [1.807, 2.05) is 31.2 Å². The van der Waals surface area contributed by atoms with Gasteiger partial charge in [-0.3, -0.25) is 9.69 Å². The Labute approximate surface area is 179 Å². The average molecular weight is 415 g/mol. The molecule has 0 unspecified atom stereocenters. The van der Waals surface area contributed by atoms with Gasteiger partial charge in [-0.25, -0.2) is 4.99 Å². The number of carbonyl (C=O) groups excluding carboxylic acids is 1. The van der Waals surface area contributed by atoms with Crippen molar-refractivity contribution in [3.63, 3.8) is 0 Å². The largest absolute Gasteiger partial charge is 0.369 e. The number of hydrogen-bond acceptors (Lipinski definition) is 5. The number of guanidine groups is 1. The van der Waals surface area contributed by atoms with Crippen molar-refractivity contribution < 1.29 is 4.79 Å². The fourth-order valence-corrected chi connectivity index (χ4v) is 5.61. The molecular weight excluding hydrogens is 392 g/mol. The lowest BCUT2D eigenvalue weighted by atomic mass is 9.77. The summed E-state index contributed by atoms with van der Waals surface area (Å²) in [7, 11) is 1.67. The third kappa shape index (κ3) is 2.81. The SMILES string of the molecule is CN1C(=O)[C@@H](c2ccc(C3CC3)cc2)[C@@](C)(c2cc3cccc(C#N)c3s2)N=C1N. The second kappa shape index (κ2) is 6.68. The molecule has 0 spiro atoms. The molecule has 2 heterocycles. The molecule has 150 valence electrons. The molecule has 2 aromatic carbocycles. The summed E-state index contributed by atoms with van der Waals surface area (Å²) in [6.07, 6.45) is 2.48. The van der Waals surface area contributed by atoms with Crippen molar-refractivity contribution >= 4 is 33.3 Å². The summed E-state index contributed by atoms with van der Waals surface area (Å²) in [4.78, 5) is 20.6. The van der Waals surface area contributed by atoms with E-state index < -0.39 is 11.5 Å². The molecule has 0 radical (unpaired) electrons. The highest BCUT2D eigenvalue weighted by Gasteiger charge is 2.48. The van der Waals surface area contributed by atoms with Gasteiger partial charge in [-0.15, -0.1) is 11.3 Å². The predicted molar refractivity (Wildman–Crippen MR) is 119 cm³/mol. The Bertz CT molecular complexity index is 1230. The fraction of sp³-hybridized carbons (Fsp3) is 0.292. The van der Waals surface area contributed by atoms with Crippen LogP contribution in [0.1, 0.15) is 53.2 Å². The van der Waals surface area contributed by atoms with E-state index in [0.717, 1.165) is 20.5 Å². The Kier molecular flexibility index (Phi) is 4.19. The summed E-state index contributed by atoms with van der Waals surface area (Å²) < 4.78 is 0.916. The number of nitrogens with two attached hydrogens (primary N) is 1. The maximum Gasteiger partial charge on any atom is 0.239 e. The van der Waals surface area contributed by atoms with E-state index in [-0.39, 0.29) is 11.9 Å². The minimum atomic E-state index is -0.842. The minimum absolute atomic E-state index is 0.0675. The van der Waals surface area contributed by atoms with Crippen LogP contribution in [-0.4, -0.2) is 23.8 Å². The zero-order valence-corrected chi connectivity index (χ0v) is 17.7. The van der Waals surface area contributed by atoms with Crippen LogP contribution in [0, 0.1) is 11.3 Å². The van der Waals surface area contributed by atoms with Crippen molar-refractivity contribution in [1.82, 2.24) is 4.90 Å².